The lowest BCUT2D eigenvalue weighted by atomic mass is 10.2. The third kappa shape index (κ3) is 4.53. The minimum atomic E-state index is -3.15. The third-order valence-corrected chi connectivity index (χ3v) is 7.07. The maximum atomic E-state index is 12.7. The molecule has 3 amide bonds. The summed E-state index contributed by atoms with van der Waals surface area (Å²) in [6.45, 7) is 3.51. The van der Waals surface area contributed by atoms with E-state index in [9.17, 15) is 27.6 Å². The van der Waals surface area contributed by atoms with E-state index in [1.165, 1.54) is 36.1 Å². The zero-order valence-electron chi connectivity index (χ0n) is 16.9. The van der Waals surface area contributed by atoms with Crippen LogP contribution in [0.3, 0.4) is 0 Å². The molecule has 30 heavy (non-hydrogen) atoms. The number of nitrogens with zero attached hydrogens (tertiary/aromatic N) is 2. The number of sulfone groups is 1. The van der Waals surface area contributed by atoms with E-state index >= 15 is 0 Å². The maximum Gasteiger partial charge on any atom is 0.338 e. The van der Waals surface area contributed by atoms with Crippen molar-refractivity contribution < 1.29 is 32.3 Å². The molecule has 3 rings (SSSR count). The van der Waals surface area contributed by atoms with Gasteiger partial charge in [-0.3, -0.25) is 19.3 Å². The van der Waals surface area contributed by atoms with E-state index in [1.807, 2.05) is 0 Å². The number of likely N-dealkylation sites (N-methyl/N-ethyl adjacent to an activating group) is 1. The number of carbonyl (C=O) groups is 4. The predicted molar refractivity (Wildman–Crippen MR) is 107 cm³/mol. The van der Waals surface area contributed by atoms with Gasteiger partial charge in [-0.15, -0.1) is 0 Å². The molecule has 0 radical (unpaired) electrons. The lowest BCUT2D eigenvalue weighted by molar-refractivity contribution is -0.141. The summed E-state index contributed by atoms with van der Waals surface area (Å²) < 4.78 is 28.7. The van der Waals surface area contributed by atoms with Gasteiger partial charge in [0.2, 0.25) is 11.8 Å². The summed E-state index contributed by atoms with van der Waals surface area (Å²) in [6, 6.07) is 5.39. The molecular weight excluding hydrogens is 412 g/mol. The Morgan fingerprint density at radius 2 is 1.77 bits per heavy atom. The van der Waals surface area contributed by atoms with Gasteiger partial charge in [-0.1, -0.05) is 0 Å². The van der Waals surface area contributed by atoms with Crippen molar-refractivity contribution in [3.63, 3.8) is 0 Å². The van der Waals surface area contributed by atoms with E-state index in [1.54, 1.807) is 6.92 Å². The van der Waals surface area contributed by atoms with Crippen LogP contribution in [0, 0.1) is 0 Å². The molecule has 0 spiro atoms. The first kappa shape index (κ1) is 21.9. The summed E-state index contributed by atoms with van der Waals surface area (Å²) in [5.74, 6) is -1.78. The van der Waals surface area contributed by atoms with Crippen LogP contribution in [0.5, 0.6) is 0 Å². The fraction of sp³-hybridized carbons (Fsp3) is 0.500. The number of hydrogen-bond acceptors (Lipinski definition) is 7. The minimum absolute atomic E-state index is 0.0456. The van der Waals surface area contributed by atoms with Crippen molar-refractivity contribution >= 4 is 39.2 Å². The molecule has 0 bridgehead atoms. The highest BCUT2D eigenvalue weighted by Crippen LogP contribution is 2.23. The minimum Gasteiger partial charge on any atom is -0.449 e. The summed E-state index contributed by atoms with van der Waals surface area (Å²) in [5, 5.41) is 0. The summed E-state index contributed by atoms with van der Waals surface area (Å²) in [7, 11) is -3.15. The van der Waals surface area contributed by atoms with Crippen LogP contribution in [0.4, 0.5) is 5.69 Å². The van der Waals surface area contributed by atoms with Crippen LogP contribution in [0.2, 0.25) is 0 Å². The van der Waals surface area contributed by atoms with Crippen molar-refractivity contribution in [2.24, 2.45) is 0 Å². The van der Waals surface area contributed by atoms with Gasteiger partial charge in [0.15, 0.2) is 15.9 Å². The van der Waals surface area contributed by atoms with Crippen molar-refractivity contribution in [2.45, 2.75) is 45.3 Å². The summed E-state index contributed by atoms with van der Waals surface area (Å²) in [6.07, 6.45) is -0.378. The number of hydrogen-bond donors (Lipinski definition) is 0. The number of imide groups is 1. The van der Waals surface area contributed by atoms with Gasteiger partial charge < -0.3 is 9.64 Å². The van der Waals surface area contributed by atoms with Gasteiger partial charge in [0, 0.05) is 25.4 Å². The molecule has 162 valence electrons. The predicted octanol–water partition coefficient (Wildman–Crippen LogP) is 0.921. The molecule has 2 aliphatic heterocycles. The molecular formula is C20H24N2O7S. The van der Waals surface area contributed by atoms with Gasteiger partial charge in [0.1, 0.15) is 0 Å². The van der Waals surface area contributed by atoms with E-state index < -0.39 is 33.9 Å². The number of ether oxygens (including phenoxy) is 1. The number of esters is 1. The monoisotopic (exact) mass is 436 g/mol. The first-order chi connectivity index (χ1) is 14.1. The van der Waals surface area contributed by atoms with Crippen molar-refractivity contribution in [1.82, 2.24) is 4.90 Å². The Labute approximate surface area is 174 Å². The maximum absolute atomic E-state index is 12.7. The van der Waals surface area contributed by atoms with E-state index in [0.717, 1.165) is 4.90 Å². The molecule has 0 aromatic heterocycles. The lowest BCUT2D eigenvalue weighted by Crippen LogP contribution is -2.46. The number of carbonyl (C=O) groups excluding carboxylic acids is 4. The molecule has 0 aliphatic carbocycles. The zero-order chi connectivity index (χ0) is 22.1. The smallest absolute Gasteiger partial charge is 0.338 e. The van der Waals surface area contributed by atoms with Crippen molar-refractivity contribution in [3.8, 4) is 0 Å². The van der Waals surface area contributed by atoms with Crippen LogP contribution < -0.4 is 4.90 Å². The van der Waals surface area contributed by atoms with Crippen LogP contribution >= 0.6 is 0 Å². The summed E-state index contributed by atoms with van der Waals surface area (Å²) in [4.78, 5) is 51.3. The second-order valence-electron chi connectivity index (χ2n) is 7.40. The van der Waals surface area contributed by atoms with Crippen molar-refractivity contribution in [1.29, 1.82) is 0 Å². The first-order valence-corrected chi connectivity index (χ1v) is 11.6. The second kappa shape index (κ2) is 8.55. The molecule has 9 nitrogen and oxygen atoms in total. The molecule has 2 atom stereocenters. The molecule has 1 aromatic carbocycles. The topological polar surface area (TPSA) is 118 Å². The van der Waals surface area contributed by atoms with Crippen LogP contribution in [0.1, 0.15) is 43.5 Å². The Bertz CT molecular complexity index is 955. The SMILES string of the molecule is CCN(C(=O)C(C)OC(=O)c1ccc(N2C(=O)CCC2=O)cc1)C1CCS(=O)(=O)C1. The average Bonchev–Trinajstić information content (AvgIpc) is 3.23. The largest absolute Gasteiger partial charge is 0.449 e. The molecule has 2 saturated heterocycles. The first-order valence-electron chi connectivity index (χ1n) is 9.80. The molecule has 2 heterocycles. The summed E-state index contributed by atoms with van der Waals surface area (Å²) in [5.41, 5.74) is 0.548. The van der Waals surface area contributed by atoms with E-state index in [-0.39, 0.29) is 41.7 Å². The summed E-state index contributed by atoms with van der Waals surface area (Å²) >= 11 is 0. The Kier molecular flexibility index (Phi) is 6.25. The van der Waals surface area contributed by atoms with Gasteiger partial charge in [0.25, 0.3) is 5.91 Å². The molecule has 2 unspecified atom stereocenters. The standard InChI is InChI=1S/C20H24N2O7S/c1-3-21(16-10-11-30(27,28)12-16)19(25)13(2)29-20(26)14-4-6-15(7-5-14)22-17(23)8-9-18(22)24/h4-7,13,16H,3,8-12H2,1-2H3. The van der Waals surface area contributed by atoms with Gasteiger partial charge in [-0.05, 0) is 44.5 Å². The van der Waals surface area contributed by atoms with Crippen molar-refractivity contribution in [3.05, 3.63) is 29.8 Å². The molecule has 1 aromatic rings. The molecule has 0 N–H and O–H groups in total. The molecule has 2 aliphatic rings. The number of anilines is 1. The highest BCUT2D eigenvalue weighted by molar-refractivity contribution is 7.91. The zero-order valence-corrected chi connectivity index (χ0v) is 17.7. The molecule has 10 heteroatoms. The normalized spacial score (nSPS) is 21.5. The van der Waals surface area contributed by atoms with E-state index in [4.69, 9.17) is 4.74 Å². The lowest BCUT2D eigenvalue weighted by Gasteiger charge is -2.29. The van der Waals surface area contributed by atoms with Gasteiger partial charge in [-0.2, -0.15) is 0 Å². The van der Waals surface area contributed by atoms with Crippen LogP contribution in [-0.4, -0.2) is 67.2 Å². The number of rotatable bonds is 6. The molecule has 2 fully saturated rings. The average molecular weight is 436 g/mol. The Morgan fingerprint density at radius 1 is 1.17 bits per heavy atom. The van der Waals surface area contributed by atoms with Crippen LogP contribution in [0.15, 0.2) is 24.3 Å². The Hall–Kier alpha value is -2.75. The number of amides is 3. The quantitative estimate of drug-likeness (QED) is 0.481. The Balaban J connectivity index is 1.64. The van der Waals surface area contributed by atoms with E-state index in [2.05, 4.69) is 0 Å². The fourth-order valence-corrected chi connectivity index (χ4v) is 5.47. The van der Waals surface area contributed by atoms with Gasteiger partial charge in [0.05, 0.1) is 22.8 Å². The van der Waals surface area contributed by atoms with Gasteiger partial charge >= 0.3 is 5.97 Å². The highest BCUT2D eigenvalue weighted by atomic mass is 32.2. The number of benzene rings is 1. The fourth-order valence-electron chi connectivity index (χ4n) is 3.74. The van der Waals surface area contributed by atoms with Crippen LogP contribution in [0.25, 0.3) is 0 Å². The Morgan fingerprint density at radius 3 is 2.27 bits per heavy atom. The second-order valence-corrected chi connectivity index (χ2v) is 9.63. The van der Waals surface area contributed by atoms with Crippen molar-refractivity contribution in [2.75, 3.05) is 23.0 Å². The highest BCUT2D eigenvalue weighted by Gasteiger charge is 2.36. The molecule has 0 saturated carbocycles. The van der Waals surface area contributed by atoms with Crippen LogP contribution in [-0.2, 0) is 29.0 Å². The van der Waals surface area contributed by atoms with E-state index in [0.29, 0.717) is 18.7 Å². The third-order valence-electron chi connectivity index (χ3n) is 5.32. The van der Waals surface area contributed by atoms with Gasteiger partial charge in [-0.25, -0.2) is 13.2 Å².